The van der Waals surface area contributed by atoms with Crippen molar-refractivity contribution in [3.05, 3.63) is 76.1 Å². The minimum Gasteiger partial charge on any atom is -0.369 e. The number of fused-ring (bicyclic) bond motifs is 5. The predicted octanol–water partition coefficient (Wildman–Crippen LogP) is 5.31. The number of hydrogen-bond donors (Lipinski definition) is 0. The van der Waals surface area contributed by atoms with E-state index < -0.39 is 0 Å². The fourth-order valence-corrected chi connectivity index (χ4v) is 6.21. The van der Waals surface area contributed by atoms with Gasteiger partial charge in [-0.1, -0.05) is 54.1 Å². The Morgan fingerprint density at radius 2 is 1.88 bits per heavy atom. The van der Waals surface area contributed by atoms with Crippen LogP contribution in [0, 0.1) is 0 Å². The average Bonchev–Trinajstić information content (AvgIpc) is 3.42. The zero-order chi connectivity index (χ0) is 23.2. The lowest BCUT2D eigenvalue weighted by Crippen LogP contribution is -2.49. The lowest BCUT2D eigenvalue weighted by Gasteiger charge is -2.36. The molecule has 2 aliphatic rings. The third-order valence-corrected chi connectivity index (χ3v) is 8.25. The highest BCUT2D eigenvalue weighted by Gasteiger charge is 2.28. The highest BCUT2D eigenvalue weighted by Crippen LogP contribution is 2.44. The molecule has 3 aromatic carbocycles. The summed E-state index contributed by atoms with van der Waals surface area (Å²) in [5, 5.41) is 4.10. The molecule has 0 spiro atoms. The molecule has 0 N–H and O–H groups in total. The molecule has 1 fully saturated rings. The van der Waals surface area contributed by atoms with Crippen LogP contribution in [0.4, 0.5) is 10.8 Å². The Bertz CT molecular complexity index is 1390. The molecular weight excluding hydrogens is 464 g/mol. The largest absolute Gasteiger partial charge is 0.369 e. The van der Waals surface area contributed by atoms with Crippen molar-refractivity contribution in [1.29, 1.82) is 0 Å². The number of piperazine rings is 1. The monoisotopic (exact) mass is 488 g/mol. The molecule has 5 nitrogen and oxygen atoms in total. The van der Waals surface area contributed by atoms with Gasteiger partial charge >= 0.3 is 0 Å². The van der Waals surface area contributed by atoms with Crippen LogP contribution in [0.5, 0.6) is 0 Å². The summed E-state index contributed by atoms with van der Waals surface area (Å²) in [6.07, 6.45) is 0.886. The van der Waals surface area contributed by atoms with E-state index in [0.29, 0.717) is 6.54 Å². The van der Waals surface area contributed by atoms with Crippen molar-refractivity contribution in [3.63, 3.8) is 0 Å². The van der Waals surface area contributed by atoms with Crippen molar-refractivity contribution in [3.8, 4) is 11.3 Å². The Morgan fingerprint density at radius 3 is 2.71 bits per heavy atom. The summed E-state index contributed by atoms with van der Waals surface area (Å²) in [4.78, 5) is 25.5. The van der Waals surface area contributed by atoms with Crippen molar-refractivity contribution in [2.45, 2.75) is 6.42 Å². The molecule has 0 unspecified atom stereocenters. The van der Waals surface area contributed by atoms with E-state index in [-0.39, 0.29) is 5.91 Å². The van der Waals surface area contributed by atoms with Gasteiger partial charge in [0.2, 0.25) is 5.91 Å². The van der Waals surface area contributed by atoms with E-state index in [2.05, 4.69) is 52.3 Å². The molecule has 1 saturated heterocycles. The Morgan fingerprint density at radius 1 is 1.06 bits per heavy atom. The standard InChI is InChI=1S/C27H25ClN4OS/c1-30(25(33)17-31-11-13-32(14-12-31)20-7-4-6-19(28)15-20)27-29-26-22-10-9-18-5-2-3-8-21(18)23(22)16-24(26)34-27/h2-10,15H,11-14,16-17H2,1H3. The molecule has 4 aromatic rings. The first-order chi connectivity index (χ1) is 16.6. The Kier molecular flexibility index (Phi) is 5.52. The van der Waals surface area contributed by atoms with Crippen molar-refractivity contribution in [2.24, 2.45) is 0 Å². The van der Waals surface area contributed by atoms with Crippen LogP contribution in [0.2, 0.25) is 5.02 Å². The minimum atomic E-state index is 0.0855. The Hall–Kier alpha value is -2.93. The van der Waals surface area contributed by atoms with Crippen LogP contribution in [0.3, 0.4) is 0 Å². The first kappa shape index (κ1) is 21.6. The summed E-state index contributed by atoms with van der Waals surface area (Å²) in [6.45, 7) is 3.87. The van der Waals surface area contributed by atoms with Crippen LogP contribution in [-0.2, 0) is 11.2 Å². The first-order valence-electron chi connectivity index (χ1n) is 11.6. The van der Waals surface area contributed by atoms with Crippen molar-refractivity contribution in [2.75, 3.05) is 49.6 Å². The summed E-state index contributed by atoms with van der Waals surface area (Å²) < 4.78 is 0. The smallest absolute Gasteiger partial charge is 0.242 e. The van der Waals surface area contributed by atoms with E-state index in [1.54, 1.807) is 16.2 Å². The van der Waals surface area contributed by atoms with E-state index in [1.807, 2.05) is 25.2 Å². The van der Waals surface area contributed by atoms with Gasteiger partial charge in [-0.15, -0.1) is 11.3 Å². The quantitative estimate of drug-likeness (QED) is 0.344. The summed E-state index contributed by atoms with van der Waals surface area (Å²) in [5.41, 5.74) is 4.73. The Labute approximate surface area is 208 Å². The second-order valence-corrected chi connectivity index (χ2v) is 10.5. The molecule has 172 valence electrons. The Balaban J connectivity index is 1.12. The molecule has 0 atom stereocenters. The fourth-order valence-electron chi connectivity index (χ4n) is 4.96. The van der Waals surface area contributed by atoms with Crippen molar-refractivity contribution in [1.82, 2.24) is 9.88 Å². The van der Waals surface area contributed by atoms with Gasteiger partial charge in [0.15, 0.2) is 5.13 Å². The third-order valence-electron chi connectivity index (χ3n) is 6.88. The molecule has 1 aromatic heterocycles. The lowest BCUT2D eigenvalue weighted by molar-refractivity contribution is -0.119. The zero-order valence-corrected chi connectivity index (χ0v) is 20.6. The van der Waals surface area contributed by atoms with E-state index in [9.17, 15) is 4.79 Å². The zero-order valence-electron chi connectivity index (χ0n) is 19.0. The third kappa shape index (κ3) is 3.86. The highest BCUT2D eigenvalue weighted by atomic mass is 35.5. The maximum absolute atomic E-state index is 13.1. The van der Waals surface area contributed by atoms with E-state index in [1.165, 1.54) is 26.8 Å². The number of benzene rings is 3. The molecule has 34 heavy (non-hydrogen) atoms. The first-order valence-corrected chi connectivity index (χ1v) is 12.8. The summed E-state index contributed by atoms with van der Waals surface area (Å²) in [6, 6.07) is 20.8. The van der Waals surface area contributed by atoms with E-state index in [0.717, 1.165) is 54.1 Å². The van der Waals surface area contributed by atoms with Crippen LogP contribution in [-0.4, -0.2) is 55.6 Å². The number of halogens is 1. The molecule has 6 rings (SSSR count). The summed E-state index contributed by atoms with van der Waals surface area (Å²) in [5.74, 6) is 0.0855. The number of carbonyl (C=O) groups excluding carboxylic acids is 1. The van der Waals surface area contributed by atoms with Crippen molar-refractivity contribution >= 4 is 50.4 Å². The average molecular weight is 489 g/mol. The lowest BCUT2D eigenvalue weighted by atomic mass is 10.0. The molecule has 0 saturated carbocycles. The summed E-state index contributed by atoms with van der Waals surface area (Å²) in [7, 11) is 1.85. The molecule has 1 aliphatic carbocycles. The van der Waals surface area contributed by atoms with Gasteiger partial charge in [0.1, 0.15) is 0 Å². The minimum absolute atomic E-state index is 0.0855. The molecule has 1 amide bonds. The van der Waals surface area contributed by atoms with Gasteiger partial charge in [-0.25, -0.2) is 4.98 Å². The van der Waals surface area contributed by atoms with Gasteiger partial charge in [0.05, 0.1) is 12.2 Å². The molecule has 1 aliphatic heterocycles. The van der Waals surface area contributed by atoms with Crippen LogP contribution in [0.15, 0.2) is 60.7 Å². The van der Waals surface area contributed by atoms with E-state index >= 15 is 0 Å². The molecule has 7 heteroatoms. The van der Waals surface area contributed by atoms with Crippen LogP contribution in [0.1, 0.15) is 10.4 Å². The predicted molar refractivity (Wildman–Crippen MR) is 141 cm³/mol. The number of aromatic nitrogens is 1. The topological polar surface area (TPSA) is 39.7 Å². The van der Waals surface area contributed by atoms with Crippen LogP contribution < -0.4 is 9.80 Å². The fraction of sp³-hybridized carbons (Fsp3) is 0.259. The second-order valence-electron chi connectivity index (χ2n) is 8.95. The van der Waals surface area contributed by atoms with Gasteiger partial charge in [-0.05, 0) is 34.5 Å². The molecule has 0 bridgehead atoms. The number of rotatable bonds is 4. The van der Waals surface area contributed by atoms with Gasteiger partial charge in [0, 0.05) is 60.8 Å². The van der Waals surface area contributed by atoms with Gasteiger partial charge in [-0.3, -0.25) is 14.6 Å². The number of carbonyl (C=O) groups is 1. The van der Waals surface area contributed by atoms with Gasteiger partial charge in [0.25, 0.3) is 0 Å². The number of amides is 1. The van der Waals surface area contributed by atoms with E-state index in [4.69, 9.17) is 16.6 Å². The van der Waals surface area contributed by atoms with Crippen LogP contribution in [0.25, 0.3) is 22.0 Å². The number of likely N-dealkylation sites (N-methyl/N-ethyl adjacent to an activating group) is 1. The maximum Gasteiger partial charge on any atom is 0.242 e. The number of thiazole rings is 1. The number of nitrogens with zero attached hydrogens (tertiary/aromatic N) is 4. The highest BCUT2D eigenvalue weighted by molar-refractivity contribution is 7.16. The molecular formula is C27H25ClN4OS. The molecule has 0 radical (unpaired) electrons. The van der Waals surface area contributed by atoms with Gasteiger partial charge < -0.3 is 4.90 Å². The second kappa shape index (κ2) is 8.69. The number of anilines is 2. The SMILES string of the molecule is CN(C(=O)CN1CCN(c2cccc(Cl)c2)CC1)c1nc2c(s1)Cc1c-2ccc2ccccc12. The normalized spacial score (nSPS) is 15.4. The van der Waals surface area contributed by atoms with Crippen molar-refractivity contribution < 1.29 is 4.79 Å². The maximum atomic E-state index is 13.1. The van der Waals surface area contributed by atoms with Gasteiger partial charge in [-0.2, -0.15) is 0 Å². The molecule has 2 heterocycles. The van der Waals surface area contributed by atoms with Crippen LogP contribution >= 0.6 is 22.9 Å². The summed E-state index contributed by atoms with van der Waals surface area (Å²) >= 11 is 7.78. The number of hydrogen-bond acceptors (Lipinski definition) is 5.